The summed E-state index contributed by atoms with van der Waals surface area (Å²) in [7, 11) is 0. The first-order valence-electron chi connectivity index (χ1n) is 3.99. The summed E-state index contributed by atoms with van der Waals surface area (Å²) in [5, 5.41) is 7.43. The summed E-state index contributed by atoms with van der Waals surface area (Å²) in [5.74, 6) is 0.392. The van der Waals surface area contributed by atoms with E-state index in [2.05, 4.69) is 15.2 Å². The zero-order chi connectivity index (χ0) is 10.1. The molecule has 0 aliphatic carbocycles. The van der Waals surface area contributed by atoms with Crippen molar-refractivity contribution >= 4 is 29.5 Å². The molecule has 74 valence electrons. The Balaban J connectivity index is 2.31. The highest BCUT2D eigenvalue weighted by Gasteiger charge is 2.05. The van der Waals surface area contributed by atoms with Crippen LogP contribution in [0, 0.1) is 11.7 Å². The largest absolute Gasteiger partial charge is 0.368 e. The summed E-state index contributed by atoms with van der Waals surface area (Å²) in [4.78, 5) is 5.40. The van der Waals surface area contributed by atoms with Crippen molar-refractivity contribution in [2.45, 2.75) is 13.5 Å². The molecule has 2 aromatic heterocycles. The first-order chi connectivity index (χ1) is 6.66. The van der Waals surface area contributed by atoms with Gasteiger partial charge in [-0.1, -0.05) is 0 Å². The molecule has 0 bridgehead atoms. The number of thiazole rings is 1. The molecule has 0 aliphatic rings. The fraction of sp³-hybridized carbons (Fsp3) is 0.286. The molecule has 0 atom stereocenters. The molecule has 5 nitrogen and oxygen atoms in total. The van der Waals surface area contributed by atoms with Crippen LogP contribution in [0.4, 0.5) is 5.95 Å². The Bertz CT molecular complexity index is 494. The Hall–Kier alpha value is -1.21. The van der Waals surface area contributed by atoms with E-state index < -0.39 is 0 Å². The summed E-state index contributed by atoms with van der Waals surface area (Å²) in [6.45, 7) is 2.60. The molecule has 0 unspecified atom stereocenters. The number of nitrogens with two attached hydrogens (primary N) is 1. The third kappa shape index (κ3) is 1.68. The van der Waals surface area contributed by atoms with E-state index >= 15 is 0 Å². The molecule has 2 aromatic rings. The standard InChI is InChI=1S/C7H9N5S2/c1-4-2-9-5(14-4)3-12-6(8)10-11-7(12)13/h2H,3H2,1H3,(H2,8,10)(H,11,13). The second-order valence-corrected chi connectivity index (χ2v) is 4.54. The van der Waals surface area contributed by atoms with E-state index in [1.165, 1.54) is 4.88 Å². The second kappa shape index (κ2) is 3.50. The van der Waals surface area contributed by atoms with Gasteiger partial charge in [-0.05, 0) is 19.1 Å². The average Bonchev–Trinajstić information content (AvgIpc) is 2.67. The second-order valence-electron chi connectivity index (χ2n) is 2.84. The Morgan fingerprint density at radius 3 is 3.00 bits per heavy atom. The van der Waals surface area contributed by atoms with Gasteiger partial charge < -0.3 is 5.73 Å². The van der Waals surface area contributed by atoms with Crippen molar-refractivity contribution in [3.63, 3.8) is 0 Å². The number of nitrogens with one attached hydrogen (secondary N) is 1. The van der Waals surface area contributed by atoms with Crippen LogP contribution in [-0.4, -0.2) is 19.7 Å². The van der Waals surface area contributed by atoms with Gasteiger partial charge in [-0.15, -0.1) is 16.4 Å². The number of anilines is 1. The summed E-state index contributed by atoms with van der Waals surface area (Å²) in [6.07, 6.45) is 1.83. The molecule has 0 amide bonds. The molecule has 2 rings (SSSR count). The third-order valence-corrected chi connectivity index (χ3v) is 2.96. The van der Waals surface area contributed by atoms with Crippen LogP contribution in [0.2, 0.25) is 0 Å². The lowest BCUT2D eigenvalue weighted by molar-refractivity contribution is 0.787. The molecule has 2 heterocycles. The van der Waals surface area contributed by atoms with Crippen molar-refractivity contribution in [2.75, 3.05) is 5.73 Å². The Labute approximate surface area is 89.6 Å². The topological polar surface area (TPSA) is 72.5 Å². The number of hydrogen-bond acceptors (Lipinski definition) is 5. The number of nitrogen functional groups attached to an aromatic ring is 1. The van der Waals surface area contributed by atoms with E-state index in [1.54, 1.807) is 15.9 Å². The first-order valence-corrected chi connectivity index (χ1v) is 5.21. The van der Waals surface area contributed by atoms with Gasteiger partial charge in [0.15, 0.2) is 4.77 Å². The number of hydrogen-bond donors (Lipinski definition) is 2. The van der Waals surface area contributed by atoms with Crippen LogP contribution in [0.1, 0.15) is 9.88 Å². The van der Waals surface area contributed by atoms with Crippen LogP contribution in [-0.2, 0) is 6.54 Å². The predicted octanol–water partition coefficient (Wildman–Crippen LogP) is 1.34. The van der Waals surface area contributed by atoms with Gasteiger partial charge in [-0.3, -0.25) is 4.57 Å². The van der Waals surface area contributed by atoms with E-state index in [0.717, 1.165) is 5.01 Å². The molecular weight excluding hydrogens is 218 g/mol. The minimum atomic E-state index is 0.392. The van der Waals surface area contributed by atoms with Crippen LogP contribution >= 0.6 is 23.6 Å². The zero-order valence-corrected chi connectivity index (χ0v) is 9.15. The van der Waals surface area contributed by atoms with Crippen molar-refractivity contribution in [1.82, 2.24) is 19.7 Å². The molecule has 0 saturated heterocycles. The highest BCUT2D eigenvalue weighted by atomic mass is 32.1. The van der Waals surface area contributed by atoms with Gasteiger partial charge in [0.05, 0.1) is 6.54 Å². The van der Waals surface area contributed by atoms with Crippen molar-refractivity contribution in [3.05, 3.63) is 20.9 Å². The number of aryl methyl sites for hydroxylation is 1. The Morgan fingerprint density at radius 2 is 2.50 bits per heavy atom. The van der Waals surface area contributed by atoms with Gasteiger partial charge in [0.1, 0.15) is 5.01 Å². The van der Waals surface area contributed by atoms with Crippen LogP contribution in [0.5, 0.6) is 0 Å². The van der Waals surface area contributed by atoms with Crippen molar-refractivity contribution in [3.8, 4) is 0 Å². The lowest BCUT2D eigenvalue weighted by Crippen LogP contribution is -2.04. The maximum absolute atomic E-state index is 5.63. The van der Waals surface area contributed by atoms with Crippen LogP contribution in [0.3, 0.4) is 0 Å². The van der Waals surface area contributed by atoms with Crippen LogP contribution in [0.15, 0.2) is 6.20 Å². The Kier molecular flexibility index (Phi) is 2.34. The number of aromatic nitrogens is 4. The van der Waals surface area contributed by atoms with Gasteiger partial charge in [0, 0.05) is 11.1 Å². The van der Waals surface area contributed by atoms with E-state index in [9.17, 15) is 0 Å². The number of H-pyrrole nitrogens is 1. The average molecular weight is 227 g/mol. The molecule has 14 heavy (non-hydrogen) atoms. The van der Waals surface area contributed by atoms with Gasteiger partial charge in [0.25, 0.3) is 0 Å². The van der Waals surface area contributed by atoms with E-state index in [-0.39, 0.29) is 0 Å². The summed E-state index contributed by atoms with van der Waals surface area (Å²) in [6, 6.07) is 0. The zero-order valence-electron chi connectivity index (χ0n) is 7.52. The summed E-state index contributed by atoms with van der Waals surface area (Å²) in [5.41, 5.74) is 5.63. The number of nitrogens with zero attached hydrogens (tertiary/aromatic N) is 3. The lowest BCUT2D eigenvalue weighted by Gasteiger charge is -1.98. The molecule has 0 radical (unpaired) electrons. The molecule has 0 fully saturated rings. The predicted molar refractivity (Wildman–Crippen MR) is 57.8 cm³/mol. The van der Waals surface area contributed by atoms with Crippen molar-refractivity contribution < 1.29 is 0 Å². The highest BCUT2D eigenvalue weighted by molar-refractivity contribution is 7.71. The molecule has 0 aliphatic heterocycles. The van der Waals surface area contributed by atoms with Crippen LogP contribution in [0.25, 0.3) is 0 Å². The molecule has 3 N–H and O–H groups in total. The van der Waals surface area contributed by atoms with Gasteiger partial charge >= 0.3 is 0 Å². The SMILES string of the molecule is Cc1cnc(Cn2c(N)n[nH]c2=S)s1. The Morgan fingerprint density at radius 1 is 1.71 bits per heavy atom. The smallest absolute Gasteiger partial charge is 0.220 e. The van der Waals surface area contributed by atoms with Crippen molar-refractivity contribution in [1.29, 1.82) is 0 Å². The van der Waals surface area contributed by atoms with E-state index in [0.29, 0.717) is 17.3 Å². The van der Waals surface area contributed by atoms with Gasteiger partial charge in [-0.25, -0.2) is 10.1 Å². The van der Waals surface area contributed by atoms with Crippen molar-refractivity contribution in [2.24, 2.45) is 0 Å². The molecule has 7 heteroatoms. The maximum atomic E-state index is 5.63. The summed E-state index contributed by atoms with van der Waals surface area (Å²) >= 11 is 6.65. The molecular formula is C7H9N5S2. The fourth-order valence-electron chi connectivity index (χ4n) is 1.09. The first kappa shape index (κ1) is 9.35. The maximum Gasteiger partial charge on any atom is 0.220 e. The summed E-state index contributed by atoms with van der Waals surface area (Å²) < 4.78 is 2.24. The van der Waals surface area contributed by atoms with E-state index in [4.69, 9.17) is 18.0 Å². The van der Waals surface area contributed by atoms with Crippen LogP contribution < -0.4 is 5.73 Å². The minimum absolute atomic E-state index is 0.392. The minimum Gasteiger partial charge on any atom is -0.368 e. The third-order valence-electron chi connectivity index (χ3n) is 1.75. The van der Waals surface area contributed by atoms with E-state index in [1.807, 2.05) is 13.1 Å². The number of aromatic amines is 1. The lowest BCUT2D eigenvalue weighted by atomic mass is 10.6. The monoisotopic (exact) mass is 227 g/mol. The molecule has 0 spiro atoms. The number of rotatable bonds is 2. The van der Waals surface area contributed by atoms with Gasteiger partial charge in [0.2, 0.25) is 5.95 Å². The normalized spacial score (nSPS) is 10.6. The van der Waals surface area contributed by atoms with Gasteiger partial charge in [-0.2, -0.15) is 0 Å². The quantitative estimate of drug-likeness (QED) is 0.759. The molecule has 0 saturated carbocycles. The molecule has 0 aromatic carbocycles. The highest BCUT2D eigenvalue weighted by Crippen LogP contribution is 2.13. The fourth-order valence-corrected chi connectivity index (χ4v) is 2.07.